The van der Waals surface area contributed by atoms with Crippen molar-refractivity contribution in [3.8, 4) is 0 Å². The molecule has 3 unspecified atom stereocenters. The summed E-state index contributed by atoms with van der Waals surface area (Å²) >= 11 is 15.0. The second kappa shape index (κ2) is 12.2. The largest absolute Gasteiger partial charge is 0.457 e. The number of carbonyl (C=O) groups excluding carboxylic acids is 2. The van der Waals surface area contributed by atoms with E-state index in [1.165, 1.54) is 0 Å². The number of aliphatic hydroxyl groups is 5. The predicted octanol–water partition coefficient (Wildman–Crippen LogP) is 3.67. The van der Waals surface area contributed by atoms with E-state index in [4.69, 9.17) is 34.7 Å². The van der Waals surface area contributed by atoms with Crippen LogP contribution in [0.3, 0.4) is 0 Å². The molecule has 0 aliphatic heterocycles. The second-order valence-electron chi connectivity index (χ2n) is 16.1. The number of carbonyl (C=O) groups is 2. The van der Waals surface area contributed by atoms with Gasteiger partial charge in [-0.1, -0.05) is 45.4 Å². The Bertz CT molecular complexity index is 1350. The van der Waals surface area contributed by atoms with Crippen LogP contribution in [-0.2, 0) is 19.1 Å². The number of hydrogen-bond acceptors (Lipinski definition) is 12. The van der Waals surface area contributed by atoms with E-state index in [1.54, 1.807) is 33.8 Å². The number of hydrogen-bond donors (Lipinski definition) is 8. The molecule has 0 aromatic heterocycles. The fraction of sp³-hybridized carbons (Fsp3) is 0.829. The van der Waals surface area contributed by atoms with E-state index in [0.29, 0.717) is 24.8 Å². The molecule has 0 amide bonds. The topological polar surface area (TPSA) is 154 Å². The minimum atomic E-state index is -2.05. The first-order chi connectivity index (χ1) is 21.6. The molecule has 12 heteroatoms. The zero-order chi connectivity index (χ0) is 35.3. The fourth-order valence-electron chi connectivity index (χ4n) is 10.7. The lowest BCUT2D eigenvalue weighted by Gasteiger charge is -2.72. The summed E-state index contributed by atoms with van der Waals surface area (Å²) in [5.41, 5.74) is -1.80. The van der Waals surface area contributed by atoms with Crippen LogP contribution in [0.4, 0.5) is 0 Å². The molecule has 4 fully saturated rings. The van der Waals surface area contributed by atoms with E-state index in [1.807, 2.05) is 13.0 Å². The molecule has 0 aromatic rings. The van der Waals surface area contributed by atoms with Gasteiger partial charge < -0.3 is 35.0 Å². The van der Waals surface area contributed by atoms with Gasteiger partial charge in [0.05, 0.1) is 41.0 Å². The molecule has 0 saturated heterocycles. The van der Waals surface area contributed by atoms with Crippen molar-refractivity contribution in [3.05, 3.63) is 23.3 Å². The third-order valence-electron chi connectivity index (χ3n) is 13.6. The van der Waals surface area contributed by atoms with Crippen molar-refractivity contribution < 1.29 is 44.6 Å². The molecule has 0 radical (unpaired) electrons. The SMILES string of the molecule is C/C=C(/C)C(=O)O[C@H]1[C@H](OC(=O)C(C)C)[C@@]2(CO)C(C[C@]1(O)S)C1=CCC3[C@@]4(C)CC[C@H](O)[C@@](C)(S)C4CC[C@@]3(C)[C@]1(S)[C@@H](O)[C@H]2O. The van der Waals surface area contributed by atoms with E-state index in [9.17, 15) is 35.1 Å². The molecule has 4 saturated carbocycles. The van der Waals surface area contributed by atoms with Crippen LogP contribution in [0.25, 0.3) is 0 Å². The third kappa shape index (κ3) is 5.07. The lowest BCUT2D eigenvalue weighted by atomic mass is 9.37. The Labute approximate surface area is 295 Å². The second-order valence-corrected chi connectivity index (χ2v) is 18.6. The number of fused-ring (bicyclic) bond motifs is 7. The van der Waals surface area contributed by atoms with E-state index >= 15 is 0 Å². The van der Waals surface area contributed by atoms with Crippen molar-refractivity contribution in [1.82, 2.24) is 0 Å². The average Bonchev–Trinajstić information content (AvgIpc) is 2.99. The maximum absolute atomic E-state index is 13.2. The smallest absolute Gasteiger partial charge is 0.333 e. The van der Waals surface area contributed by atoms with E-state index < -0.39 is 86.2 Å². The van der Waals surface area contributed by atoms with Crippen molar-refractivity contribution >= 4 is 49.8 Å². The molecule has 14 atom stereocenters. The van der Waals surface area contributed by atoms with Crippen LogP contribution in [0, 0.1) is 39.9 Å². The van der Waals surface area contributed by atoms with Crippen LogP contribution in [0.1, 0.15) is 87.0 Å². The van der Waals surface area contributed by atoms with E-state index in [0.717, 1.165) is 12.8 Å². The number of ether oxygens (including phenoxy) is 2. The number of aliphatic hydroxyl groups excluding tert-OH is 4. The summed E-state index contributed by atoms with van der Waals surface area (Å²) in [6.07, 6.45) is -0.222. The Morgan fingerprint density at radius 1 is 1.00 bits per heavy atom. The molecular formula is C35H54O9S3. The number of rotatable bonds is 5. The van der Waals surface area contributed by atoms with Crippen molar-refractivity contribution in [3.63, 3.8) is 0 Å². The molecule has 5 aliphatic rings. The lowest BCUT2D eigenvalue weighted by molar-refractivity contribution is -0.271. The van der Waals surface area contributed by atoms with Gasteiger partial charge in [0, 0.05) is 10.3 Å². The summed E-state index contributed by atoms with van der Waals surface area (Å²) in [7, 11) is 0. The molecule has 5 N–H and O–H groups in total. The Kier molecular flexibility index (Phi) is 9.74. The van der Waals surface area contributed by atoms with Crippen molar-refractivity contribution in [2.75, 3.05) is 6.61 Å². The number of esters is 2. The van der Waals surface area contributed by atoms with Crippen molar-refractivity contribution in [2.45, 2.75) is 132 Å². The predicted molar refractivity (Wildman–Crippen MR) is 187 cm³/mol. The monoisotopic (exact) mass is 714 g/mol. The highest BCUT2D eigenvalue weighted by molar-refractivity contribution is 7.82. The standard InChI is InChI=1S/C35H54O9S3/c1-8-18(4)29(41)44-27-26(43-28(40)17(2)3)33(16-36)20(15-34(27,42)46)19-9-10-21-30(5)13-12-23(37)32(7,45)22(30)11-14-31(21,6)35(19,47)25(39)24(33)38/h8-9,17,20-27,36-39,42,45-47H,10-16H2,1-7H3/b18-8-/t20?,21?,22?,23-,24+,25-,26-,27-,30+,31+,32-,33-,34-,35+/m0/s1. The normalized spacial score (nSPS) is 51.1. The van der Waals surface area contributed by atoms with Gasteiger partial charge in [-0.15, -0.1) is 12.6 Å². The maximum atomic E-state index is 13.2. The first kappa shape index (κ1) is 37.5. The molecule has 9 nitrogen and oxygen atoms in total. The van der Waals surface area contributed by atoms with Crippen LogP contribution in [0.15, 0.2) is 23.3 Å². The molecule has 0 aromatic carbocycles. The summed E-state index contributed by atoms with van der Waals surface area (Å²) in [5, 5.41) is 59.0. The van der Waals surface area contributed by atoms with Crippen LogP contribution in [-0.4, -0.2) is 89.0 Å². The van der Waals surface area contributed by atoms with Gasteiger partial charge in [-0.25, -0.2) is 4.79 Å². The highest BCUT2D eigenvalue weighted by Gasteiger charge is 2.77. The Hall–Kier alpha value is -0.730. The van der Waals surface area contributed by atoms with Crippen LogP contribution in [0.5, 0.6) is 0 Å². The minimum absolute atomic E-state index is 0.00278. The van der Waals surface area contributed by atoms with Gasteiger partial charge in [0.2, 0.25) is 0 Å². The maximum Gasteiger partial charge on any atom is 0.333 e. The zero-order valence-corrected chi connectivity index (χ0v) is 31.2. The van der Waals surface area contributed by atoms with Gasteiger partial charge in [-0.2, -0.15) is 25.3 Å². The summed E-state index contributed by atoms with van der Waals surface area (Å²) < 4.78 is 9.89. The first-order valence-corrected chi connectivity index (χ1v) is 18.3. The van der Waals surface area contributed by atoms with E-state index in [2.05, 4.69) is 26.5 Å². The first-order valence-electron chi connectivity index (χ1n) is 16.9. The molecule has 0 spiro atoms. The summed E-state index contributed by atoms with van der Waals surface area (Å²) in [6.45, 7) is 12.1. The van der Waals surface area contributed by atoms with Gasteiger partial charge in [-0.05, 0) is 87.9 Å². The number of allylic oxidation sites excluding steroid dienone is 2. The van der Waals surface area contributed by atoms with Gasteiger partial charge in [0.1, 0.15) is 4.93 Å². The van der Waals surface area contributed by atoms with Crippen molar-refractivity contribution in [2.24, 2.45) is 39.9 Å². The highest BCUT2D eigenvalue weighted by Crippen LogP contribution is 2.74. The van der Waals surface area contributed by atoms with Crippen molar-refractivity contribution in [1.29, 1.82) is 0 Å². The van der Waals surface area contributed by atoms with Gasteiger partial charge in [-0.3, -0.25) is 4.79 Å². The van der Waals surface area contributed by atoms with Crippen LogP contribution in [0.2, 0.25) is 0 Å². The molecule has 0 bridgehead atoms. The van der Waals surface area contributed by atoms with Gasteiger partial charge in [0.15, 0.2) is 12.2 Å². The molecule has 5 aliphatic carbocycles. The molecule has 0 heterocycles. The highest BCUT2D eigenvalue weighted by atomic mass is 32.1. The Morgan fingerprint density at radius 2 is 1.64 bits per heavy atom. The molecule has 5 rings (SSSR count). The molecular weight excluding hydrogens is 661 g/mol. The Morgan fingerprint density at radius 3 is 2.21 bits per heavy atom. The minimum Gasteiger partial charge on any atom is -0.457 e. The van der Waals surface area contributed by atoms with Gasteiger partial charge in [0.25, 0.3) is 0 Å². The lowest BCUT2D eigenvalue weighted by Crippen LogP contribution is -2.79. The zero-order valence-electron chi connectivity index (χ0n) is 28.5. The van der Waals surface area contributed by atoms with Crippen LogP contribution >= 0.6 is 37.9 Å². The number of thiol groups is 3. The van der Waals surface area contributed by atoms with E-state index in [-0.39, 0.29) is 29.2 Å². The average molecular weight is 715 g/mol. The molecule has 47 heavy (non-hydrogen) atoms. The fourth-order valence-corrected chi connectivity index (χ4v) is 12.2. The summed E-state index contributed by atoms with van der Waals surface area (Å²) in [4.78, 5) is 24.3. The van der Waals surface area contributed by atoms with Crippen LogP contribution < -0.4 is 0 Å². The summed E-state index contributed by atoms with van der Waals surface area (Å²) in [5.74, 6) is -2.85. The molecule has 266 valence electrons. The Balaban J connectivity index is 1.68. The third-order valence-corrected chi connectivity index (χ3v) is 15.7. The van der Waals surface area contributed by atoms with Gasteiger partial charge >= 0.3 is 11.9 Å². The summed E-state index contributed by atoms with van der Waals surface area (Å²) in [6, 6.07) is 0. The quantitative estimate of drug-likeness (QED) is 0.0701.